The number of hydrogen-bond donors (Lipinski definition) is 2. The zero-order valence-electron chi connectivity index (χ0n) is 13.2. The molecule has 1 saturated heterocycles. The number of halogens is 3. The van der Waals surface area contributed by atoms with Crippen molar-refractivity contribution in [1.82, 2.24) is 10.2 Å². The highest BCUT2D eigenvalue weighted by Gasteiger charge is 2.42. The Hall–Kier alpha value is -0.370. The van der Waals surface area contributed by atoms with Crippen LogP contribution in [0.1, 0.15) is 32.6 Å². The lowest BCUT2D eigenvalue weighted by atomic mass is 9.85. The fraction of sp³-hybridized carbons (Fsp3) is 1.00. The summed E-state index contributed by atoms with van der Waals surface area (Å²) in [7, 11) is 0. The molecule has 2 fully saturated rings. The van der Waals surface area contributed by atoms with Gasteiger partial charge in [0.2, 0.25) is 0 Å². The Morgan fingerprint density at radius 2 is 1.91 bits per heavy atom. The molecule has 22 heavy (non-hydrogen) atoms. The summed E-state index contributed by atoms with van der Waals surface area (Å²) < 4.78 is 43.7. The van der Waals surface area contributed by atoms with Gasteiger partial charge in [-0.1, -0.05) is 6.42 Å². The minimum atomic E-state index is -4.10. The van der Waals surface area contributed by atoms with Gasteiger partial charge in [0, 0.05) is 32.2 Å². The fourth-order valence-electron chi connectivity index (χ4n) is 3.33. The van der Waals surface area contributed by atoms with E-state index in [1.165, 1.54) is 0 Å². The van der Waals surface area contributed by atoms with Crippen LogP contribution in [0, 0.1) is 5.92 Å². The van der Waals surface area contributed by atoms with Crippen molar-refractivity contribution < 1.29 is 23.0 Å². The highest BCUT2D eigenvalue weighted by atomic mass is 19.4. The van der Waals surface area contributed by atoms with Crippen molar-refractivity contribution in [3.05, 3.63) is 0 Å². The Bertz CT molecular complexity index is 344. The van der Waals surface area contributed by atoms with Crippen molar-refractivity contribution in [3.8, 4) is 0 Å². The van der Waals surface area contributed by atoms with Gasteiger partial charge in [-0.3, -0.25) is 4.90 Å². The maximum atomic E-state index is 12.8. The second-order valence-corrected chi connectivity index (χ2v) is 6.87. The van der Waals surface area contributed by atoms with Crippen molar-refractivity contribution in [1.29, 1.82) is 0 Å². The van der Waals surface area contributed by atoms with E-state index >= 15 is 0 Å². The number of nitrogens with zero attached hydrogens (tertiary/aromatic N) is 1. The normalized spacial score (nSPS) is 31.0. The van der Waals surface area contributed by atoms with E-state index in [1.54, 1.807) is 6.92 Å². The van der Waals surface area contributed by atoms with Gasteiger partial charge in [0.05, 0.1) is 24.7 Å². The Kier molecular flexibility index (Phi) is 6.10. The highest BCUT2D eigenvalue weighted by molar-refractivity contribution is 4.86. The summed E-state index contributed by atoms with van der Waals surface area (Å²) in [5.74, 6) is -1.21. The van der Waals surface area contributed by atoms with Crippen molar-refractivity contribution in [2.45, 2.75) is 50.4 Å². The molecular weight excluding hydrogens is 297 g/mol. The molecule has 0 spiro atoms. The van der Waals surface area contributed by atoms with Crippen LogP contribution < -0.4 is 5.32 Å². The second kappa shape index (κ2) is 7.47. The first kappa shape index (κ1) is 18.0. The standard InChI is InChI=1S/C15H27F3N2O2/c1-14(21,11-20-5-7-22-8-6-20)10-19-13-4-2-3-12(9-13)15(16,17)18/h12-13,19,21H,2-11H2,1H3/t12-,13-,14-/m0/s1. The summed E-state index contributed by atoms with van der Waals surface area (Å²) in [5.41, 5.74) is -0.942. The zero-order valence-corrected chi connectivity index (χ0v) is 13.2. The van der Waals surface area contributed by atoms with Gasteiger partial charge in [-0.15, -0.1) is 0 Å². The molecule has 0 radical (unpaired) electrons. The summed E-state index contributed by atoms with van der Waals surface area (Å²) in [6.45, 7) is 5.47. The lowest BCUT2D eigenvalue weighted by molar-refractivity contribution is -0.183. The van der Waals surface area contributed by atoms with Gasteiger partial charge in [0.15, 0.2) is 0 Å². The molecule has 1 aliphatic heterocycles. The molecule has 3 atom stereocenters. The highest BCUT2D eigenvalue weighted by Crippen LogP contribution is 2.37. The van der Waals surface area contributed by atoms with E-state index in [4.69, 9.17) is 4.74 Å². The molecule has 0 amide bonds. The summed E-state index contributed by atoms with van der Waals surface area (Å²) in [6.07, 6.45) is -2.41. The fourth-order valence-corrected chi connectivity index (χ4v) is 3.33. The Balaban J connectivity index is 1.75. The molecule has 1 heterocycles. The quantitative estimate of drug-likeness (QED) is 0.809. The molecule has 1 aliphatic carbocycles. The van der Waals surface area contributed by atoms with Crippen LogP contribution in [0.15, 0.2) is 0 Å². The van der Waals surface area contributed by atoms with Gasteiger partial charge < -0.3 is 15.2 Å². The smallest absolute Gasteiger partial charge is 0.388 e. The number of alkyl halides is 3. The van der Waals surface area contributed by atoms with Gasteiger partial charge in [-0.25, -0.2) is 0 Å². The average Bonchev–Trinajstić information content (AvgIpc) is 2.45. The number of morpholine rings is 1. The monoisotopic (exact) mass is 324 g/mol. The maximum Gasteiger partial charge on any atom is 0.391 e. The number of nitrogens with one attached hydrogen (secondary N) is 1. The largest absolute Gasteiger partial charge is 0.391 e. The Morgan fingerprint density at radius 1 is 1.23 bits per heavy atom. The summed E-state index contributed by atoms with van der Waals surface area (Å²) in [6, 6.07) is -0.156. The first-order valence-corrected chi connectivity index (χ1v) is 8.09. The van der Waals surface area contributed by atoms with E-state index < -0.39 is 17.7 Å². The van der Waals surface area contributed by atoms with E-state index in [9.17, 15) is 18.3 Å². The Labute approximate surface area is 130 Å². The lowest BCUT2D eigenvalue weighted by Gasteiger charge is -2.36. The molecule has 130 valence electrons. The first-order chi connectivity index (χ1) is 10.3. The summed E-state index contributed by atoms with van der Waals surface area (Å²) in [4.78, 5) is 2.13. The molecule has 0 unspecified atom stereocenters. The van der Waals surface area contributed by atoms with Gasteiger partial charge in [-0.2, -0.15) is 13.2 Å². The molecule has 2 N–H and O–H groups in total. The van der Waals surface area contributed by atoms with Crippen LogP contribution >= 0.6 is 0 Å². The predicted molar refractivity (Wildman–Crippen MR) is 77.7 cm³/mol. The second-order valence-electron chi connectivity index (χ2n) is 6.87. The van der Waals surface area contributed by atoms with Crippen molar-refractivity contribution in [2.75, 3.05) is 39.4 Å². The Morgan fingerprint density at radius 3 is 2.55 bits per heavy atom. The molecule has 4 nitrogen and oxygen atoms in total. The molecule has 0 aromatic rings. The van der Waals surface area contributed by atoms with Crippen molar-refractivity contribution >= 4 is 0 Å². The van der Waals surface area contributed by atoms with E-state index in [-0.39, 0.29) is 18.9 Å². The third-order valence-electron chi connectivity index (χ3n) is 4.58. The summed E-state index contributed by atoms with van der Waals surface area (Å²) in [5, 5.41) is 13.6. The number of β-amino-alcohol motifs (C(OH)–C–C–N with tert-alkyl or cyclic N) is 1. The van der Waals surface area contributed by atoms with Crippen LogP contribution in [0.2, 0.25) is 0 Å². The topological polar surface area (TPSA) is 44.7 Å². The third kappa shape index (κ3) is 5.68. The molecule has 2 aliphatic rings. The SMILES string of the molecule is C[C@](O)(CN[C@H]1CCC[C@H](C(F)(F)F)C1)CN1CCOCC1. The number of rotatable bonds is 5. The molecule has 0 aromatic carbocycles. The molecule has 2 rings (SSSR count). The van der Waals surface area contributed by atoms with Crippen LogP contribution in [0.5, 0.6) is 0 Å². The minimum Gasteiger partial charge on any atom is -0.388 e. The third-order valence-corrected chi connectivity index (χ3v) is 4.58. The molecule has 0 aromatic heterocycles. The number of hydrogen-bond acceptors (Lipinski definition) is 4. The van der Waals surface area contributed by atoms with E-state index in [0.29, 0.717) is 32.7 Å². The van der Waals surface area contributed by atoms with Crippen LogP contribution in [-0.4, -0.2) is 67.2 Å². The van der Waals surface area contributed by atoms with Crippen LogP contribution in [-0.2, 0) is 4.74 Å². The first-order valence-electron chi connectivity index (χ1n) is 8.09. The van der Waals surface area contributed by atoms with Gasteiger partial charge in [0.1, 0.15) is 0 Å². The van der Waals surface area contributed by atoms with Gasteiger partial charge in [0.25, 0.3) is 0 Å². The maximum absolute atomic E-state index is 12.8. The molecular formula is C15H27F3N2O2. The van der Waals surface area contributed by atoms with E-state index in [0.717, 1.165) is 19.5 Å². The molecule has 0 bridgehead atoms. The average molecular weight is 324 g/mol. The lowest BCUT2D eigenvalue weighted by Crippen LogP contribution is -2.52. The minimum absolute atomic E-state index is 0.122. The predicted octanol–water partition coefficient (Wildman–Crippen LogP) is 1.78. The number of ether oxygens (including phenoxy) is 1. The zero-order chi connectivity index (χ0) is 16.2. The molecule has 1 saturated carbocycles. The molecule has 7 heteroatoms. The van der Waals surface area contributed by atoms with E-state index in [2.05, 4.69) is 10.2 Å². The van der Waals surface area contributed by atoms with Crippen LogP contribution in [0.4, 0.5) is 13.2 Å². The van der Waals surface area contributed by atoms with E-state index in [1.807, 2.05) is 0 Å². The number of aliphatic hydroxyl groups is 1. The van der Waals surface area contributed by atoms with Gasteiger partial charge in [-0.05, 0) is 26.2 Å². The van der Waals surface area contributed by atoms with Crippen LogP contribution in [0.3, 0.4) is 0 Å². The van der Waals surface area contributed by atoms with Gasteiger partial charge >= 0.3 is 6.18 Å². The van der Waals surface area contributed by atoms with Crippen molar-refractivity contribution in [2.24, 2.45) is 5.92 Å². The van der Waals surface area contributed by atoms with Crippen LogP contribution in [0.25, 0.3) is 0 Å². The summed E-state index contributed by atoms with van der Waals surface area (Å²) >= 11 is 0. The van der Waals surface area contributed by atoms with Crippen molar-refractivity contribution in [3.63, 3.8) is 0 Å².